The van der Waals surface area contributed by atoms with E-state index in [2.05, 4.69) is 10.6 Å². The molecule has 1 aromatic carbocycles. The van der Waals surface area contributed by atoms with Crippen molar-refractivity contribution in [3.8, 4) is 0 Å². The number of nitrogens with one attached hydrogen (secondary N) is 2. The van der Waals surface area contributed by atoms with E-state index >= 15 is 0 Å². The summed E-state index contributed by atoms with van der Waals surface area (Å²) in [5.41, 5.74) is 0.883. The zero-order chi connectivity index (χ0) is 14.9. The summed E-state index contributed by atoms with van der Waals surface area (Å²) in [5, 5.41) is 7.16. The summed E-state index contributed by atoms with van der Waals surface area (Å²) < 4.78 is 0. The molecule has 0 heterocycles. The molecular weight excluding hydrogens is 319 g/mol. The van der Waals surface area contributed by atoms with Gasteiger partial charge in [-0.15, -0.1) is 12.4 Å². The Labute approximate surface area is 144 Å². The van der Waals surface area contributed by atoms with Gasteiger partial charge in [-0.1, -0.05) is 55.5 Å². The van der Waals surface area contributed by atoms with Gasteiger partial charge in [-0.2, -0.15) is 0 Å². The minimum atomic E-state index is 0. The highest BCUT2D eigenvalue weighted by molar-refractivity contribution is 6.31. The van der Waals surface area contributed by atoms with Crippen LogP contribution in [0.15, 0.2) is 24.3 Å². The van der Waals surface area contributed by atoms with Crippen molar-refractivity contribution in [1.29, 1.82) is 0 Å². The van der Waals surface area contributed by atoms with Crippen LogP contribution in [0.3, 0.4) is 0 Å². The number of amides is 1. The molecule has 1 amide bonds. The molecule has 0 bridgehead atoms. The Morgan fingerprint density at radius 2 is 1.77 bits per heavy atom. The van der Waals surface area contributed by atoms with Gasteiger partial charge in [0.2, 0.25) is 5.91 Å². The van der Waals surface area contributed by atoms with Crippen LogP contribution in [-0.4, -0.2) is 25.0 Å². The van der Waals surface area contributed by atoms with E-state index < -0.39 is 0 Å². The van der Waals surface area contributed by atoms with Crippen LogP contribution in [0, 0.1) is 0 Å². The summed E-state index contributed by atoms with van der Waals surface area (Å²) >= 11 is 6.05. The minimum absolute atomic E-state index is 0. The van der Waals surface area contributed by atoms with Gasteiger partial charge in [0.05, 0.1) is 6.42 Å². The van der Waals surface area contributed by atoms with Crippen LogP contribution in [0.2, 0.25) is 5.02 Å². The van der Waals surface area contributed by atoms with E-state index in [9.17, 15) is 4.79 Å². The maximum absolute atomic E-state index is 11.9. The normalized spacial score (nSPS) is 15.7. The zero-order valence-corrected chi connectivity index (χ0v) is 14.5. The lowest BCUT2D eigenvalue weighted by Crippen LogP contribution is -2.37. The van der Waals surface area contributed by atoms with Gasteiger partial charge in [-0.25, -0.2) is 0 Å². The van der Waals surface area contributed by atoms with Crippen LogP contribution in [0.4, 0.5) is 0 Å². The largest absolute Gasteiger partial charge is 0.355 e. The Hall–Kier alpha value is -0.770. The number of carbonyl (C=O) groups is 1. The fourth-order valence-corrected chi connectivity index (χ4v) is 3.04. The molecule has 0 aromatic heterocycles. The highest BCUT2D eigenvalue weighted by Crippen LogP contribution is 2.17. The molecule has 2 N–H and O–H groups in total. The first-order valence-corrected chi connectivity index (χ1v) is 8.37. The standard InChI is InChI=1S/C17H25ClN2O.ClH/c18-16-10-6-5-7-14(16)13-17(21)20-12-11-19-15-8-3-1-2-4-9-15;/h5-7,10,15,19H,1-4,8-9,11-13H2,(H,20,21);1H. The maximum atomic E-state index is 11.9. The van der Waals surface area contributed by atoms with Crippen molar-refractivity contribution < 1.29 is 4.79 Å². The lowest BCUT2D eigenvalue weighted by Gasteiger charge is -2.16. The summed E-state index contributed by atoms with van der Waals surface area (Å²) in [6.45, 7) is 1.53. The molecule has 124 valence electrons. The quantitative estimate of drug-likeness (QED) is 0.609. The van der Waals surface area contributed by atoms with Gasteiger partial charge in [-0.3, -0.25) is 4.79 Å². The van der Waals surface area contributed by atoms with Gasteiger partial charge in [0.25, 0.3) is 0 Å². The van der Waals surface area contributed by atoms with E-state index in [1.807, 2.05) is 24.3 Å². The van der Waals surface area contributed by atoms with Crippen molar-refractivity contribution in [2.24, 2.45) is 0 Å². The predicted molar refractivity (Wildman–Crippen MR) is 94.9 cm³/mol. The molecule has 0 spiro atoms. The van der Waals surface area contributed by atoms with Gasteiger partial charge in [0.15, 0.2) is 0 Å². The van der Waals surface area contributed by atoms with Gasteiger partial charge in [0, 0.05) is 24.2 Å². The van der Waals surface area contributed by atoms with E-state index in [0.29, 0.717) is 24.0 Å². The number of hydrogen-bond donors (Lipinski definition) is 2. The molecular formula is C17H26Cl2N2O. The highest BCUT2D eigenvalue weighted by Gasteiger charge is 2.11. The summed E-state index contributed by atoms with van der Waals surface area (Å²) in [5.74, 6) is 0.0331. The first kappa shape index (κ1) is 19.3. The SMILES string of the molecule is Cl.O=C(Cc1ccccc1Cl)NCCNC1CCCCCC1. The third kappa shape index (κ3) is 6.99. The smallest absolute Gasteiger partial charge is 0.224 e. The molecule has 22 heavy (non-hydrogen) atoms. The van der Waals surface area contributed by atoms with E-state index in [1.165, 1.54) is 38.5 Å². The second-order valence-corrected chi connectivity index (χ2v) is 6.17. The molecule has 1 saturated carbocycles. The highest BCUT2D eigenvalue weighted by atomic mass is 35.5. The molecule has 5 heteroatoms. The third-order valence-corrected chi connectivity index (χ3v) is 4.41. The van der Waals surface area contributed by atoms with Gasteiger partial charge in [0.1, 0.15) is 0 Å². The predicted octanol–water partition coefficient (Wildman–Crippen LogP) is 3.73. The fourth-order valence-electron chi connectivity index (χ4n) is 2.84. The van der Waals surface area contributed by atoms with Gasteiger partial charge in [-0.05, 0) is 24.5 Å². The molecule has 1 aliphatic rings. The molecule has 0 aliphatic heterocycles. The molecule has 0 unspecified atom stereocenters. The lowest BCUT2D eigenvalue weighted by atomic mass is 10.1. The monoisotopic (exact) mass is 344 g/mol. The first-order chi connectivity index (χ1) is 10.3. The van der Waals surface area contributed by atoms with Gasteiger partial charge < -0.3 is 10.6 Å². The van der Waals surface area contributed by atoms with Crippen LogP contribution < -0.4 is 10.6 Å². The topological polar surface area (TPSA) is 41.1 Å². The van der Waals surface area contributed by atoms with Crippen molar-refractivity contribution in [2.45, 2.75) is 51.0 Å². The van der Waals surface area contributed by atoms with Crippen LogP contribution in [0.1, 0.15) is 44.1 Å². The summed E-state index contributed by atoms with van der Waals surface area (Å²) in [4.78, 5) is 11.9. The van der Waals surface area contributed by atoms with Crippen molar-refractivity contribution >= 4 is 29.9 Å². The van der Waals surface area contributed by atoms with Crippen molar-refractivity contribution in [3.05, 3.63) is 34.9 Å². The molecule has 0 radical (unpaired) electrons. The molecule has 0 atom stereocenters. The number of halogens is 2. The average molecular weight is 345 g/mol. The molecule has 0 saturated heterocycles. The summed E-state index contributed by atoms with van der Waals surface area (Å²) in [6, 6.07) is 8.12. The fraction of sp³-hybridized carbons (Fsp3) is 0.588. The average Bonchev–Trinajstić information content (AvgIpc) is 2.75. The lowest BCUT2D eigenvalue weighted by molar-refractivity contribution is -0.120. The maximum Gasteiger partial charge on any atom is 0.224 e. The Bertz CT molecular complexity index is 446. The first-order valence-electron chi connectivity index (χ1n) is 7.99. The number of carbonyl (C=O) groups excluding carboxylic acids is 1. The number of rotatable bonds is 6. The van der Waals surface area contributed by atoms with E-state index in [-0.39, 0.29) is 18.3 Å². The number of hydrogen-bond acceptors (Lipinski definition) is 2. The zero-order valence-electron chi connectivity index (χ0n) is 12.9. The second kappa shape index (κ2) is 10.9. The molecule has 1 fully saturated rings. The third-order valence-electron chi connectivity index (χ3n) is 4.04. The summed E-state index contributed by atoms with van der Waals surface area (Å²) in [7, 11) is 0. The molecule has 1 aliphatic carbocycles. The van der Waals surface area contributed by atoms with Crippen molar-refractivity contribution in [2.75, 3.05) is 13.1 Å². The van der Waals surface area contributed by atoms with E-state index in [1.54, 1.807) is 0 Å². The second-order valence-electron chi connectivity index (χ2n) is 5.76. The Balaban J connectivity index is 0.00000242. The summed E-state index contributed by atoms with van der Waals surface area (Å²) in [6.07, 6.45) is 8.29. The minimum Gasteiger partial charge on any atom is -0.355 e. The molecule has 2 rings (SSSR count). The van der Waals surface area contributed by atoms with Crippen molar-refractivity contribution in [3.63, 3.8) is 0 Å². The number of benzene rings is 1. The van der Waals surface area contributed by atoms with E-state index in [0.717, 1.165) is 12.1 Å². The van der Waals surface area contributed by atoms with Crippen LogP contribution in [0.5, 0.6) is 0 Å². The van der Waals surface area contributed by atoms with Gasteiger partial charge >= 0.3 is 0 Å². The Kier molecular flexibility index (Phi) is 9.53. The van der Waals surface area contributed by atoms with Crippen LogP contribution >= 0.6 is 24.0 Å². The molecule has 3 nitrogen and oxygen atoms in total. The van der Waals surface area contributed by atoms with E-state index in [4.69, 9.17) is 11.6 Å². The Morgan fingerprint density at radius 3 is 2.45 bits per heavy atom. The van der Waals surface area contributed by atoms with Crippen molar-refractivity contribution in [1.82, 2.24) is 10.6 Å². The molecule has 1 aromatic rings. The Morgan fingerprint density at radius 1 is 1.09 bits per heavy atom. The van der Waals surface area contributed by atoms with Crippen LogP contribution in [-0.2, 0) is 11.2 Å². The van der Waals surface area contributed by atoms with Crippen LogP contribution in [0.25, 0.3) is 0 Å².